The van der Waals surface area contributed by atoms with Gasteiger partial charge in [0, 0.05) is 17.1 Å². The molecular weight excluding hydrogens is 224 g/mol. The van der Waals surface area contributed by atoms with E-state index in [0.29, 0.717) is 5.02 Å². The van der Waals surface area contributed by atoms with Crippen LogP contribution in [0.15, 0.2) is 18.3 Å². The Morgan fingerprint density at radius 2 is 2.25 bits per heavy atom. The number of rotatable bonds is 4. The fourth-order valence-electron chi connectivity index (χ4n) is 1.84. The molecule has 0 aliphatic carbocycles. The van der Waals surface area contributed by atoms with Crippen LogP contribution in [0.3, 0.4) is 0 Å². The minimum absolute atomic E-state index is 0.687. The Balaban J connectivity index is 2.50. The highest BCUT2D eigenvalue weighted by Crippen LogP contribution is 2.34. The summed E-state index contributed by atoms with van der Waals surface area (Å²) in [5.41, 5.74) is 2.27. The third-order valence-electron chi connectivity index (χ3n) is 2.69. The molecule has 0 spiro atoms. The second-order valence-corrected chi connectivity index (χ2v) is 4.05. The molecule has 2 N–H and O–H groups in total. The van der Waals surface area contributed by atoms with Crippen LogP contribution in [-0.4, -0.2) is 25.7 Å². The zero-order valence-electron chi connectivity index (χ0n) is 9.43. The van der Waals surface area contributed by atoms with Crippen LogP contribution in [0.5, 0.6) is 5.75 Å². The van der Waals surface area contributed by atoms with Crippen molar-refractivity contribution in [1.82, 2.24) is 10.3 Å². The van der Waals surface area contributed by atoms with E-state index in [1.54, 1.807) is 7.11 Å². The molecule has 0 saturated heterocycles. The van der Waals surface area contributed by atoms with E-state index in [-0.39, 0.29) is 0 Å². The standard InChI is InChI=1S/C12H15ClN2O/c1-14-6-5-8-7-15-9-3-4-10(16-2)12(13)11(8)9/h3-4,7,14-15H,5-6H2,1-2H3. The molecule has 0 aliphatic heterocycles. The van der Waals surface area contributed by atoms with Crippen LogP contribution in [0.1, 0.15) is 5.56 Å². The second-order valence-electron chi connectivity index (χ2n) is 3.67. The molecule has 1 aromatic carbocycles. The lowest BCUT2D eigenvalue weighted by molar-refractivity contribution is 0.415. The van der Waals surface area contributed by atoms with Crippen LogP contribution < -0.4 is 10.1 Å². The van der Waals surface area contributed by atoms with Crippen molar-refractivity contribution in [2.45, 2.75) is 6.42 Å². The number of aromatic nitrogens is 1. The molecule has 0 unspecified atom stereocenters. The molecule has 0 atom stereocenters. The Morgan fingerprint density at radius 1 is 1.44 bits per heavy atom. The summed E-state index contributed by atoms with van der Waals surface area (Å²) in [6, 6.07) is 3.87. The van der Waals surface area contributed by atoms with E-state index in [2.05, 4.69) is 10.3 Å². The van der Waals surface area contributed by atoms with Crippen LogP contribution in [0.4, 0.5) is 0 Å². The molecule has 0 saturated carbocycles. The van der Waals surface area contributed by atoms with E-state index in [9.17, 15) is 0 Å². The zero-order valence-corrected chi connectivity index (χ0v) is 10.2. The van der Waals surface area contributed by atoms with Crippen molar-refractivity contribution in [3.8, 4) is 5.75 Å². The number of nitrogens with one attached hydrogen (secondary N) is 2. The van der Waals surface area contributed by atoms with Crippen LogP contribution in [0, 0.1) is 0 Å². The van der Waals surface area contributed by atoms with Gasteiger partial charge in [-0.1, -0.05) is 11.6 Å². The minimum Gasteiger partial charge on any atom is -0.495 e. The zero-order chi connectivity index (χ0) is 11.5. The van der Waals surface area contributed by atoms with Crippen LogP contribution in [-0.2, 0) is 6.42 Å². The third-order valence-corrected chi connectivity index (χ3v) is 3.07. The average molecular weight is 239 g/mol. The molecular formula is C12H15ClN2O. The van der Waals surface area contributed by atoms with Crippen molar-refractivity contribution in [3.63, 3.8) is 0 Å². The first-order chi connectivity index (χ1) is 7.77. The number of hydrogen-bond donors (Lipinski definition) is 2. The summed E-state index contributed by atoms with van der Waals surface area (Å²) >= 11 is 6.30. The van der Waals surface area contributed by atoms with Gasteiger partial charge in [-0.2, -0.15) is 0 Å². The SMILES string of the molecule is CNCCc1c[nH]c2ccc(OC)c(Cl)c12. The van der Waals surface area contributed by atoms with E-state index in [1.807, 2.05) is 25.4 Å². The van der Waals surface area contributed by atoms with Crippen molar-refractivity contribution in [3.05, 3.63) is 28.9 Å². The quantitative estimate of drug-likeness (QED) is 0.859. The third kappa shape index (κ3) is 1.88. The number of benzene rings is 1. The number of methoxy groups -OCH3 is 1. The summed E-state index contributed by atoms with van der Waals surface area (Å²) in [6.07, 6.45) is 2.96. The van der Waals surface area contributed by atoms with Gasteiger partial charge in [0.05, 0.1) is 12.1 Å². The average Bonchev–Trinajstić information content (AvgIpc) is 2.71. The van der Waals surface area contributed by atoms with Crippen molar-refractivity contribution in [2.24, 2.45) is 0 Å². The van der Waals surface area contributed by atoms with E-state index in [1.165, 1.54) is 5.56 Å². The van der Waals surface area contributed by atoms with Gasteiger partial charge in [0.2, 0.25) is 0 Å². The molecule has 0 aliphatic rings. The van der Waals surface area contributed by atoms with Gasteiger partial charge in [-0.25, -0.2) is 0 Å². The summed E-state index contributed by atoms with van der Waals surface area (Å²) < 4.78 is 5.22. The lowest BCUT2D eigenvalue weighted by atomic mass is 10.1. The summed E-state index contributed by atoms with van der Waals surface area (Å²) in [5.74, 6) is 0.722. The van der Waals surface area contributed by atoms with Gasteiger partial charge in [-0.15, -0.1) is 0 Å². The molecule has 1 heterocycles. The highest BCUT2D eigenvalue weighted by Gasteiger charge is 2.11. The lowest BCUT2D eigenvalue weighted by Crippen LogP contribution is -2.09. The van der Waals surface area contributed by atoms with Gasteiger partial charge in [-0.05, 0) is 37.7 Å². The van der Waals surface area contributed by atoms with Gasteiger partial charge in [0.15, 0.2) is 0 Å². The summed E-state index contributed by atoms with van der Waals surface area (Å²) in [6.45, 7) is 0.931. The monoisotopic (exact) mass is 238 g/mol. The highest BCUT2D eigenvalue weighted by molar-refractivity contribution is 6.37. The molecule has 0 amide bonds. The van der Waals surface area contributed by atoms with Crippen molar-refractivity contribution in [2.75, 3.05) is 20.7 Å². The van der Waals surface area contributed by atoms with Crippen LogP contribution >= 0.6 is 11.6 Å². The number of halogens is 1. The van der Waals surface area contributed by atoms with Crippen molar-refractivity contribution in [1.29, 1.82) is 0 Å². The summed E-state index contributed by atoms with van der Waals surface area (Å²) in [7, 11) is 3.57. The predicted molar refractivity (Wildman–Crippen MR) is 67.5 cm³/mol. The van der Waals surface area contributed by atoms with E-state index in [4.69, 9.17) is 16.3 Å². The van der Waals surface area contributed by atoms with Crippen molar-refractivity contribution < 1.29 is 4.74 Å². The molecule has 0 bridgehead atoms. The lowest BCUT2D eigenvalue weighted by Gasteiger charge is -2.05. The molecule has 4 heteroatoms. The van der Waals surface area contributed by atoms with E-state index in [0.717, 1.165) is 29.6 Å². The fraction of sp³-hybridized carbons (Fsp3) is 0.333. The van der Waals surface area contributed by atoms with Crippen LogP contribution in [0.25, 0.3) is 10.9 Å². The Morgan fingerprint density at radius 3 is 2.94 bits per heavy atom. The summed E-state index contributed by atoms with van der Waals surface area (Å²) in [4.78, 5) is 3.22. The predicted octanol–water partition coefficient (Wildman–Crippen LogP) is 2.59. The number of ether oxygens (including phenoxy) is 1. The highest BCUT2D eigenvalue weighted by atomic mass is 35.5. The molecule has 3 nitrogen and oxygen atoms in total. The smallest absolute Gasteiger partial charge is 0.138 e. The number of H-pyrrole nitrogens is 1. The topological polar surface area (TPSA) is 37.0 Å². The van der Waals surface area contributed by atoms with Crippen LogP contribution in [0.2, 0.25) is 5.02 Å². The fourth-order valence-corrected chi connectivity index (χ4v) is 2.21. The van der Waals surface area contributed by atoms with E-state index < -0.39 is 0 Å². The Labute approximate surface area is 99.7 Å². The first-order valence-electron chi connectivity index (χ1n) is 5.25. The summed E-state index contributed by atoms with van der Waals surface area (Å²) in [5, 5.41) is 4.88. The normalized spacial score (nSPS) is 10.9. The molecule has 2 aromatic rings. The molecule has 1 aromatic heterocycles. The Bertz CT molecular complexity index is 493. The largest absolute Gasteiger partial charge is 0.495 e. The number of likely N-dealkylation sites (N-methyl/N-ethyl adjacent to an activating group) is 1. The number of aromatic amines is 1. The maximum atomic E-state index is 6.30. The Hall–Kier alpha value is -1.19. The van der Waals surface area contributed by atoms with E-state index >= 15 is 0 Å². The Kier molecular flexibility index (Phi) is 3.36. The van der Waals surface area contributed by atoms with Gasteiger partial charge in [0.25, 0.3) is 0 Å². The first kappa shape index (κ1) is 11.3. The molecule has 86 valence electrons. The second kappa shape index (κ2) is 4.76. The molecule has 0 radical (unpaired) electrons. The molecule has 2 rings (SSSR count). The maximum Gasteiger partial charge on any atom is 0.138 e. The maximum absolute atomic E-state index is 6.30. The van der Waals surface area contributed by atoms with Gasteiger partial charge >= 0.3 is 0 Å². The van der Waals surface area contributed by atoms with Gasteiger partial charge in [-0.3, -0.25) is 0 Å². The van der Waals surface area contributed by atoms with Gasteiger partial charge < -0.3 is 15.0 Å². The molecule has 0 fully saturated rings. The first-order valence-corrected chi connectivity index (χ1v) is 5.62. The minimum atomic E-state index is 0.687. The molecule has 16 heavy (non-hydrogen) atoms. The van der Waals surface area contributed by atoms with Gasteiger partial charge in [0.1, 0.15) is 5.75 Å². The van der Waals surface area contributed by atoms with Crippen molar-refractivity contribution >= 4 is 22.5 Å². The number of fused-ring (bicyclic) bond motifs is 1. The number of hydrogen-bond acceptors (Lipinski definition) is 2.